The van der Waals surface area contributed by atoms with E-state index in [0.717, 1.165) is 9.13 Å². The fraction of sp³-hybridized carbons (Fsp3) is 0.500. The molecule has 0 saturated carbocycles. The average molecular weight is 583 g/mol. The highest BCUT2D eigenvalue weighted by atomic mass is 32.1. The Bertz CT molecular complexity index is 1540. The van der Waals surface area contributed by atoms with Crippen molar-refractivity contribution in [2.24, 2.45) is 0 Å². The lowest BCUT2D eigenvalue weighted by Crippen LogP contribution is -2.58. The minimum atomic E-state index is -2.49. The van der Waals surface area contributed by atoms with E-state index in [1.807, 2.05) is 0 Å². The van der Waals surface area contributed by atoms with Crippen molar-refractivity contribution < 1.29 is 44.8 Å². The van der Waals surface area contributed by atoms with Gasteiger partial charge in [-0.25, -0.2) is 19.9 Å². The van der Waals surface area contributed by atoms with Crippen LogP contribution in [0.25, 0.3) is 22.3 Å². The van der Waals surface area contributed by atoms with Crippen molar-refractivity contribution in [2.75, 3.05) is 13.2 Å². The first-order valence-corrected chi connectivity index (χ1v) is 12.3. The number of aliphatic hydroxyl groups excluding tert-OH is 6. The number of H-pyrrole nitrogens is 2. The SMILES string of the molecule is OC[C@H]1OC(OC2(n3cnc4c(=S)nc[nH]c43)O[C@H](CO)[C@@H](O)[C@H]2O)(n2cnc3c(=S)nc[nH]c32)[C@H](O)[C@@H]1O. The van der Waals surface area contributed by atoms with Gasteiger partial charge in [0.1, 0.15) is 59.4 Å². The Labute approximate surface area is 226 Å². The van der Waals surface area contributed by atoms with Crippen molar-refractivity contribution in [1.29, 1.82) is 0 Å². The van der Waals surface area contributed by atoms with Crippen LogP contribution in [0.5, 0.6) is 0 Å². The first-order valence-electron chi connectivity index (χ1n) is 11.5. The lowest BCUT2D eigenvalue weighted by Gasteiger charge is -2.42. The first kappa shape index (κ1) is 26.4. The van der Waals surface area contributed by atoms with E-state index >= 15 is 0 Å². The second-order valence-electron chi connectivity index (χ2n) is 8.95. The summed E-state index contributed by atoms with van der Waals surface area (Å²) in [5, 5.41) is 64.2. The highest BCUT2D eigenvalue weighted by Crippen LogP contribution is 2.48. The van der Waals surface area contributed by atoms with E-state index in [1.165, 1.54) is 25.3 Å². The lowest BCUT2D eigenvalue weighted by atomic mass is 10.1. The maximum absolute atomic E-state index is 11.4. The molecule has 2 fully saturated rings. The number of hydrogen-bond acceptors (Lipinski definition) is 15. The molecule has 2 aliphatic rings. The topological polar surface area (TPSA) is 242 Å². The molecule has 8 N–H and O–H groups in total. The van der Waals surface area contributed by atoms with Gasteiger partial charge in [0.05, 0.1) is 25.9 Å². The van der Waals surface area contributed by atoms with Gasteiger partial charge in [-0.1, -0.05) is 24.4 Å². The Kier molecular flexibility index (Phi) is 6.35. The summed E-state index contributed by atoms with van der Waals surface area (Å²) in [5.74, 6) is -4.99. The van der Waals surface area contributed by atoms with Crippen molar-refractivity contribution >= 4 is 46.8 Å². The summed E-state index contributed by atoms with van der Waals surface area (Å²) in [5.41, 5.74) is 0.597. The third kappa shape index (κ3) is 3.64. The van der Waals surface area contributed by atoms with E-state index in [9.17, 15) is 30.6 Å². The minimum absolute atomic E-state index is 0.0905. The number of hydrogen-bond donors (Lipinski definition) is 8. The van der Waals surface area contributed by atoms with Crippen LogP contribution < -0.4 is 0 Å². The van der Waals surface area contributed by atoms with Crippen LogP contribution in [0.1, 0.15) is 0 Å². The highest BCUT2D eigenvalue weighted by molar-refractivity contribution is 7.71. The summed E-state index contributed by atoms with van der Waals surface area (Å²) in [6.07, 6.45) is -5.21. The van der Waals surface area contributed by atoms with E-state index in [4.69, 9.17) is 38.6 Å². The van der Waals surface area contributed by atoms with Crippen LogP contribution in [0, 0.1) is 9.28 Å². The third-order valence-electron chi connectivity index (χ3n) is 6.83. The van der Waals surface area contributed by atoms with E-state index in [1.54, 1.807) is 0 Å². The molecule has 0 spiro atoms. The molecule has 6 heterocycles. The Hall–Kier alpha value is -2.82. The molecule has 19 heteroatoms. The molecule has 0 amide bonds. The molecule has 2 saturated heterocycles. The first-order chi connectivity index (χ1) is 18.7. The summed E-state index contributed by atoms with van der Waals surface area (Å²) >= 11 is 10.5. The Morgan fingerprint density at radius 1 is 0.769 bits per heavy atom. The fourth-order valence-corrected chi connectivity index (χ4v) is 5.31. The van der Waals surface area contributed by atoms with Crippen molar-refractivity contribution in [3.8, 4) is 0 Å². The second kappa shape index (κ2) is 9.38. The molecule has 8 atom stereocenters. The largest absolute Gasteiger partial charge is 0.394 e. The van der Waals surface area contributed by atoms with E-state index < -0.39 is 61.7 Å². The van der Waals surface area contributed by atoms with Crippen LogP contribution in [-0.2, 0) is 26.0 Å². The number of ether oxygens (including phenoxy) is 3. The molecule has 2 unspecified atom stereocenters. The van der Waals surface area contributed by atoms with Crippen molar-refractivity contribution in [1.82, 2.24) is 39.0 Å². The minimum Gasteiger partial charge on any atom is -0.394 e. The van der Waals surface area contributed by atoms with Gasteiger partial charge in [-0.2, -0.15) is 0 Å². The molecular formula is C20H22N8O9S2. The molecule has 4 aromatic heterocycles. The zero-order valence-electron chi connectivity index (χ0n) is 19.6. The normalized spacial score (nSPS) is 34.9. The quantitative estimate of drug-likeness (QED) is 0.109. The molecule has 6 rings (SSSR count). The molecule has 0 radical (unpaired) electrons. The summed E-state index contributed by atoms with van der Waals surface area (Å²) in [6.45, 7) is -1.48. The van der Waals surface area contributed by atoms with Crippen molar-refractivity contribution in [3.05, 3.63) is 34.6 Å². The predicted molar refractivity (Wildman–Crippen MR) is 130 cm³/mol. The third-order valence-corrected chi connectivity index (χ3v) is 7.42. The Balaban J connectivity index is 1.63. The van der Waals surface area contributed by atoms with Crippen LogP contribution in [0.15, 0.2) is 25.3 Å². The van der Waals surface area contributed by atoms with Gasteiger partial charge in [-0.3, -0.25) is 13.9 Å². The Morgan fingerprint density at radius 3 is 1.54 bits per heavy atom. The number of imidazole rings is 2. The number of nitrogens with zero attached hydrogens (tertiary/aromatic N) is 6. The van der Waals surface area contributed by atoms with Gasteiger partial charge in [0, 0.05) is 0 Å². The van der Waals surface area contributed by atoms with Gasteiger partial charge in [0.25, 0.3) is 11.8 Å². The molecule has 208 valence electrons. The number of rotatable bonds is 6. The zero-order valence-corrected chi connectivity index (χ0v) is 21.2. The molecule has 0 aromatic carbocycles. The lowest BCUT2D eigenvalue weighted by molar-refractivity contribution is -0.444. The van der Waals surface area contributed by atoms with E-state index in [0.29, 0.717) is 0 Å². The average Bonchev–Trinajstić information content (AvgIpc) is 3.68. The van der Waals surface area contributed by atoms with E-state index in [-0.39, 0.29) is 31.6 Å². The zero-order chi connectivity index (χ0) is 27.7. The molecular weight excluding hydrogens is 560 g/mol. The molecule has 0 bridgehead atoms. The van der Waals surface area contributed by atoms with Gasteiger partial charge >= 0.3 is 0 Å². The summed E-state index contributed by atoms with van der Waals surface area (Å²) in [7, 11) is 0. The van der Waals surface area contributed by atoms with Gasteiger partial charge in [0.15, 0.2) is 21.5 Å². The molecule has 0 aliphatic carbocycles. The maximum atomic E-state index is 11.4. The predicted octanol–water partition coefficient (Wildman–Crippen LogP) is -2.55. The molecule has 4 aromatic rings. The van der Waals surface area contributed by atoms with Crippen molar-refractivity contribution in [2.45, 2.75) is 48.4 Å². The standard InChI is InChI=1S/C20H22N8O9S2/c29-1-7-11(31)13(33)19(35-7,27-5-25-9-15(27)21-3-23-17(9)38)37-20(14(34)12(32)8(2-30)36-20)28-6-26-10-16(28)22-4-24-18(10)39/h3-8,11-14,29-34H,1-2H2,(H,21,23,38)(H,22,24,39)/t7-,8-,11-,12-,13-,14-,19?,20?/m1/s1. The number of aromatic amines is 2. The van der Waals surface area contributed by atoms with Crippen LogP contribution in [-0.4, -0.2) is 120 Å². The van der Waals surface area contributed by atoms with Crippen LogP contribution >= 0.6 is 24.4 Å². The molecule has 39 heavy (non-hydrogen) atoms. The number of aliphatic hydroxyl groups is 6. The number of fused-ring (bicyclic) bond motifs is 2. The highest BCUT2D eigenvalue weighted by Gasteiger charge is 2.67. The van der Waals surface area contributed by atoms with Gasteiger partial charge in [-0.15, -0.1) is 0 Å². The second-order valence-corrected chi connectivity index (χ2v) is 9.72. The van der Waals surface area contributed by atoms with Gasteiger partial charge in [0.2, 0.25) is 0 Å². The van der Waals surface area contributed by atoms with Crippen LogP contribution in [0.4, 0.5) is 0 Å². The van der Waals surface area contributed by atoms with E-state index in [2.05, 4.69) is 29.9 Å². The van der Waals surface area contributed by atoms with Crippen LogP contribution in [0.2, 0.25) is 0 Å². The molecule has 2 aliphatic heterocycles. The summed E-state index contributed by atoms with van der Waals surface area (Å²) in [6, 6.07) is 0. The monoisotopic (exact) mass is 582 g/mol. The van der Waals surface area contributed by atoms with Gasteiger partial charge in [-0.05, 0) is 0 Å². The number of aromatic nitrogens is 8. The molecule has 17 nitrogen and oxygen atoms in total. The fourth-order valence-electron chi connectivity index (χ4n) is 4.90. The van der Waals surface area contributed by atoms with Crippen LogP contribution in [0.3, 0.4) is 0 Å². The summed E-state index contributed by atoms with van der Waals surface area (Å²) in [4.78, 5) is 22.0. The smallest absolute Gasteiger partial charge is 0.292 e. The van der Waals surface area contributed by atoms with Crippen molar-refractivity contribution in [3.63, 3.8) is 0 Å². The Morgan fingerprint density at radius 2 is 1.18 bits per heavy atom. The van der Waals surface area contributed by atoms with Gasteiger partial charge < -0.3 is 50.1 Å². The summed E-state index contributed by atoms with van der Waals surface area (Å²) < 4.78 is 20.7. The number of nitrogens with one attached hydrogen (secondary N) is 2. The maximum Gasteiger partial charge on any atom is 0.292 e.